The zero-order chi connectivity index (χ0) is 32.5. The van der Waals surface area contributed by atoms with Crippen LogP contribution in [0.4, 0.5) is 0 Å². The van der Waals surface area contributed by atoms with Crippen LogP contribution in [0.25, 0.3) is 38.6 Å². The molecule has 0 atom stereocenters. The lowest BCUT2D eigenvalue weighted by molar-refractivity contribution is 1.18. The topological polar surface area (TPSA) is 52.5 Å². The van der Waals surface area contributed by atoms with Crippen LogP contribution in [0.5, 0.6) is 0 Å². The zero-order valence-corrected chi connectivity index (χ0v) is 27.1. The lowest BCUT2D eigenvalue weighted by Gasteiger charge is -2.35. The van der Waals surface area contributed by atoms with Gasteiger partial charge in [0.2, 0.25) is 0 Å². The van der Waals surface area contributed by atoms with Gasteiger partial charge in [-0.2, -0.15) is 10.5 Å². The summed E-state index contributed by atoms with van der Waals surface area (Å²) in [7, 11) is -2.98. The highest BCUT2D eigenvalue weighted by molar-refractivity contribution is 7.20. The van der Waals surface area contributed by atoms with E-state index in [1.807, 2.05) is 42.5 Å². The smallest absolute Gasteiger partial charge is 0.180 e. The molecule has 0 amide bonds. The van der Waals surface area contributed by atoms with Crippen molar-refractivity contribution in [1.82, 2.24) is 4.57 Å². The number of fused-ring (bicyclic) bond motifs is 3. The number of hydrogen-bond acceptors (Lipinski definition) is 2. The average molecular weight is 628 g/mol. The molecule has 3 nitrogen and oxygen atoms in total. The lowest BCUT2D eigenvalue weighted by atomic mass is 10.0. The van der Waals surface area contributed by atoms with Crippen LogP contribution in [0.15, 0.2) is 176 Å². The summed E-state index contributed by atoms with van der Waals surface area (Å²) in [4.78, 5) is 0. The molecule has 8 aromatic rings. The van der Waals surface area contributed by atoms with Crippen LogP contribution >= 0.6 is 0 Å². The van der Waals surface area contributed by atoms with E-state index in [1.54, 1.807) is 0 Å². The molecule has 0 spiro atoms. The fraction of sp³-hybridized carbons (Fsp3) is 0. The van der Waals surface area contributed by atoms with Crippen molar-refractivity contribution in [3.63, 3.8) is 0 Å². The minimum atomic E-state index is -2.98. The minimum absolute atomic E-state index is 0.577. The monoisotopic (exact) mass is 627 g/mol. The summed E-state index contributed by atoms with van der Waals surface area (Å²) in [6, 6.07) is 66.0. The van der Waals surface area contributed by atoms with Crippen molar-refractivity contribution in [2.24, 2.45) is 0 Å². The quantitative estimate of drug-likeness (QED) is 0.141. The highest BCUT2D eigenvalue weighted by atomic mass is 28.3. The molecule has 8 rings (SSSR count). The van der Waals surface area contributed by atoms with E-state index in [2.05, 4.69) is 150 Å². The molecule has 0 radical (unpaired) electrons. The second-order valence-electron chi connectivity index (χ2n) is 12.0. The van der Waals surface area contributed by atoms with Crippen LogP contribution in [0.3, 0.4) is 0 Å². The normalized spacial score (nSPS) is 11.3. The van der Waals surface area contributed by atoms with Gasteiger partial charge in [0, 0.05) is 16.5 Å². The summed E-state index contributed by atoms with van der Waals surface area (Å²) in [5.41, 5.74) is 6.21. The standard InChI is InChI=1S/C44H29N3Si/c45-30-32-26-35(28-36(27-32)47-42-22-12-10-20-40(42)41-21-11-13-23-43(41)47)33-24-25-34(31-46)44(29-33)48(37-14-4-1-5-15-37,38-16-6-2-7-17-38)39-18-8-3-9-19-39/h1-29H. The van der Waals surface area contributed by atoms with Gasteiger partial charge in [0.25, 0.3) is 0 Å². The van der Waals surface area contributed by atoms with Gasteiger partial charge in [-0.1, -0.05) is 140 Å². The van der Waals surface area contributed by atoms with Gasteiger partial charge < -0.3 is 4.57 Å². The first-order valence-corrected chi connectivity index (χ1v) is 18.0. The molecular weight excluding hydrogens is 599 g/mol. The molecule has 1 aromatic heterocycles. The highest BCUT2D eigenvalue weighted by Crippen LogP contribution is 2.34. The van der Waals surface area contributed by atoms with E-state index >= 15 is 0 Å². The summed E-state index contributed by atoms with van der Waals surface area (Å²) in [6.45, 7) is 0. The van der Waals surface area contributed by atoms with Gasteiger partial charge in [-0.25, -0.2) is 0 Å². The summed E-state index contributed by atoms with van der Waals surface area (Å²) >= 11 is 0. The number of para-hydroxylation sites is 2. The third-order valence-corrected chi connectivity index (χ3v) is 14.2. The van der Waals surface area contributed by atoms with Crippen LogP contribution in [0.2, 0.25) is 0 Å². The van der Waals surface area contributed by atoms with E-state index in [9.17, 15) is 10.5 Å². The van der Waals surface area contributed by atoms with Gasteiger partial charge in [0.05, 0.1) is 34.3 Å². The van der Waals surface area contributed by atoms with E-state index in [0.29, 0.717) is 11.1 Å². The summed E-state index contributed by atoms with van der Waals surface area (Å²) in [5, 5.41) is 27.9. The predicted molar refractivity (Wildman–Crippen MR) is 199 cm³/mol. The first kappa shape index (κ1) is 29.0. The van der Waals surface area contributed by atoms with Crippen molar-refractivity contribution >= 4 is 50.6 Å². The van der Waals surface area contributed by atoms with E-state index in [0.717, 1.165) is 33.0 Å². The summed E-state index contributed by atoms with van der Waals surface area (Å²) in [5.74, 6) is 0. The molecule has 0 aliphatic heterocycles. The van der Waals surface area contributed by atoms with Crippen LogP contribution in [0, 0.1) is 22.7 Å². The SMILES string of the molecule is N#Cc1cc(-c2ccc(C#N)c([Si](c3ccccc3)(c3ccccc3)c3ccccc3)c2)cc(-n2c3ccccc3c3ccccc32)c1. The average Bonchev–Trinajstić information content (AvgIpc) is 3.51. The molecular formula is C44H29N3Si. The van der Waals surface area contributed by atoms with Crippen molar-refractivity contribution in [2.45, 2.75) is 0 Å². The van der Waals surface area contributed by atoms with E-state index < -0.39 is 8.07 Å². The molecule has 0 fully saturated rings. The maximum Gasteiger partial charge on any atom is 0.180 e. The number of hydrogen-bond donors (Lipinski definition) is 0. The van der Waals surface area contributed by atoms with Crippen molar-refractivity contribution in [1.29, 1.82) is 10.5 Å². The van der Waals surface area contributed by atoms with Crippen molar-refractivity contribution in [2.75, 3.05) is 0 Å². The third-order valence-electron chi connectivity index (χ3n) is 9.38. The Bertz CT molecular complexity index is 2370. The second kappa shape index (κ2) is 12.0. The highest BCUT2D eigenvalue weighted by Gasteiger charge is 2.43. The number of nitrogens with zero attached hydrogens (tertiary/aromatic N) is 3. The Balaban J connectivity index is 1.43. The number of rotatable bonds is 6. The van der Waals surface area contributed by atoms with E-state index in [4.69, 9.17) is 0 Å². The Morgan fingerprint density at radius 3 is 1.44 bits per heavy atom. The zero-order valence-electron chi connectivity index (χ0n) is 26.1. The second-order valence-corrected chi connectivity index (χ2v) is 15.7. The van der Waals surface area contributed by atoms with Gasteiger partial charge in [0.1, 0.15) is 0 Å². The molecule has 48 heavy (non-hydrogen) atoms. The molecule has 0 aliphatic carbocycles. The Morgan fingerprint density at radius 1 is 0.438 bits per heavy atom. The molecule has 0 saturated heterocycles. The molecule has 0 saturated carbocycles. The number of nitriles is 2. The Hall–Kier alpha value is -6.46. The first-order valence-electron chi connectivity index (χ1n) is 16.0. The molecule has 0 unspecified atom stereocenters. The molecule has 0 N–H and O–H groups in total. The molecule has 0 bridgehead atoms. The Morgan fingerprint density at radius 2 is 0.938 bits per heavy atom. The summed E-state index contributed by atoms with van der Waals surface area (Å²) < 4.78 is 2.25. The van der Waals surface area contributed by atoms with Crippen molar-refractivity contribution in [3.05, 3.63) is 187 Å². The Labute approximate surface area is 280 Å². The van der Waals surface area contributed by atoms with Gasteiger partial charge >= 0.3 is 0 Å². The number of benzene rings is 7. The van der Waals surface area contributed by atoms with Crippen LogP contribution in [-0.4, -0.2) is 12.6 Å². The van der Waals surface area contributed by atoms with Crippen LogP contribution in [0.1, 0.15) is 11.1 Å². The van der Waals surface area contributed by atoms with E-state index in [-0.39, 0.29) is 0 Å². The minimum Gasteiger partial charge on any atom is -0.309 e. The van der Waals surface area contributed by atoms with Gasteiger partial charge in [0.15, 0.2) is 8.07 Å². The molecule has 7 aromatic carbocycles. The molecule has 224 valence electrons. The number of aromatic nitrogens is 1. The summed E-state index contributed by atoms with van der Waals surface area (Å²) in [6.07, 6.45) is 0. The largest absolute Gasteiger partial charge is 0.309 e. The fourth-order valence-corrected chi connectivity index (χ4v) is 12.3. The van der Waals surface area contributed by atoms with E-state index in [1.165, 1.54) is 26.3 Å². The third kappa shape index (κ3) is 4.64. The van der Waals surface area contributed by atoms with Crippen LogP contribution in [-0.2, 0) is 0 Å². The Kier molecular flexibility index (Phi) is 7.27. The van der Waals surface area contributed by atoms with Gasteiger partial charge in [-0.05, 0) is 68.3 Å². The van der Waals surface area contributed by atoms with Crippen molar-refractivity contribution < 1.29 is 0 Å². The fourth-order valence-electron chi connectivity index (χ4n) is 7.33. The first-order chi connectivity index (χ1) is 23.7. The molecule has 4 heteroatoms. The maximum absolute atomic E-state index is 10.7. The van der Waals surface area contributed by atoms with Gasteiger partial charge in [-0.3, -0.25) is 0 Å². The molecule has 0 aliphatic rings. The van der Waals surface area contributed by atoms with Crippen LogP contribution < -0.4 is 20.7 Å². The van der Waals surface area contributed by atoms with Gasteiger partial charge in [-0.15, -0.1) is 0 Å². The predicted octanol–water partition coefficient (Wildman–Crippen LogP) is 7.57. The lowest BCUT2D eigenvalue weighted by Crippen LogP contribution is -2.75. The van der Waals surface area contributed by atoms with Crippen molar-refractivity contribution in [3.8, 4) is 29.0 Å². The molecule has 1 heterocycles. The maximum atomic E-state index is 10.7.